The number of aliphatic hydroxyl groups is 1. The van der Waals surface area contributed by atoms with Crippen LogP contribution < -0.4 is 0 Å². The third kappa shape index (κ3) is 2.19. The number of nitrogens with zero attached hydrogens (tertiary/aromatic N) is 1. The van der Waals surface area contributed by atoms with E-state index in [0.29, 0.717) is 0 Å². The molecule has 0 bridgehead atoms. The van der Waals surface area contributed by atoms with E-state index in [0.717, 1.165) is 27.0 Å². The van der Waals surface area contributed by atoms with Crippen molar-refractivity contribution in [2.45, 2.75) is 20.0 Å². The Morgan fingerprint density at radius 3 is 2.56 bits per heavy atom. The summed E-state index contributed by atoms with van der Waals surface area (Å²) in [6, 6.07) is 3.86. The summed E-state index contributed by atoms with van der Waals surface area (Å²) in [5, 5.41) is 14.2. The van der Waals surface area contributed by atoms with Crippen LogP contribution in [0.1, 0.15) is 28.6 Å². The highest BCUT2D eigenvalue weighted by molar-refractivity contribution is 9.10. The topological polar surface area (TPSA) is 33.1 Å². The summed E-state index contributed by atoms with van der Waals surface area (Å²) in [4.78, 5) is 4.36. The van der Waals surface area contributed by atoms with Crippen LogP contribution in [0.2, 0.25) is 0 Å². The summed E-state index contributed by atoms with van der Waals surface area (Å²) < 4.78 is 0.949. The Bertz CT molecular complexity index is 509. The fourth-order valence-corrected chi connectivity index (χ4v) is 3.17. The second-order valence-electron chi connectivity index (χ2n) is 3.70. The maximum atomic E-state index is 10.3. The van der Waals surface area contributed by atoms with Gasteiger partial charge in [0, 0.05) is 32.4 Å². The zero-order valence-corrected chi connectivity index (χ0v) is 11.5. The Hall–Kier alpha value is -0.710. The smallest absolute Gasteiger partial charge is 0.108 e. The van der Waals surface area contributed by atoms with Crippen LogP contribution >= 0.6 is 27.3 Å². The Labute approximate surface area is 107 Å². The van der Waals surface area contributed by atoms with Gasteiger partial charge in [0.05, 0.1) is 0 Å². The molecular weight excluding hydrogens is 286 g/mol. The van der Waals surface area contributed by atoms with Gasteiger partial charge in [0.2, 0.25) is 0 Å². The van der Waals surface area contributed by atoms with Crippen molar-refractivity contribution in [1.29, 1.82) is 0 Å². The molecule has 0 radical (unpaired) electrons. The summed E-state index contributed by atoms with van der Waals surface area (Å²) in [6.07, 6.45) is -0.603. The molecule has 2 nitrogen and oxygen atoms in total. The molecule has 2 heterocycles. The molecule has 1 unspecified atom stereocenters. The summed E-state index contributed by atoms with van der Waals surface area (Å²) in [5.74, 6) is 0. The van der Waals surface area contributed by atoms with Crippen molar-refractivity contribution in [3.63, 3.8) is 0 Å². The van der Waals surface area contributed by atoms with E-state index in [2.05, 4.69) is 20.9 Å². The highest BCUT2D eigenvalue weighted by Gasteiger charge is 2.16. The molecule has 0 saturated carbocycles. The minimum Gasteiger partial charge on any atom is -0.384 e. The lowest BCUT2D eigenvalue weighted by Crippen LogP contribution is -2.03. The molecule has 4 heteroatoms. The molecule has 16 heavy (non-hydrogen) atoms. The predicted molar refractivity (Wildman–Crippen MR) is 69.8 cm³/mol. The number of hydrogen-bond acceptors (Lipinski definition) is 3. The normalized spacial score (nSPS) is 12.8. The molecule has 84 valence electrons. The van der Waals surface area contributed by atoms with Gasteiger partial charge < -0.3 is 5.11 Å². The van der Waals surface area contributed by atoms with Crippen LogP contribution in [0.3, 0.4) is 0 Å². The van der Waals surface area contributed by atoms with Crippen LogP contribution in [0.15, 0.2) is 27.4 Å². The Balaban J connectivity index is 2.41. The van der Waals surface area contributed by atoms with E-state index in [9.17, 15) is 5.11 Å². The van der Waals surface area contributed by atoms with E-state index in [1.807, 2.05) is 36.7 Å². The molecule has 2 aromatic heterocycles. The van der Waals surface area contributed by atoms with E-state index in [1.54, 1.807) is 11.3 Å². The summed E-state index contributed by atoms with van der Waals surface area (Å²) in [6.45, 7) is 3.87. The number of aliphatic hydroxyl groups excluding tert-OH is 1. The maximum absolute atomic E-state index is 10.3. The fourth-order valence-electron chi connectivity index (χ4n) is 1.64. The van der Waals surface area contributed by atoms with Gasteiger partial charge in [-0.25, -0.2) is 0 Å². The SMILES string of the molecule is Cc1ccc(C(O)c2cscc2Br)c(C)n1. The third-order valence-corrected chi connectivity index (χ3v) is 4.25. The minimum absolute atomic E-state index is 0.603. The fraction of sp³-hybridized carbons (Fsp3) is 0.250. The standard InChI is InChI=1S/C12H12BrNOS/c1-7-3-4-9(8(2)14-7)12(15)10-5-16-6-11(10)13/h3-6,12,15H,1-2H3. The first-order chi connectivity index (χ1) is 7.59. The van der Waals surface area contributed by atoms with Gasteiger partial charge in [-0.3, -0.25) is 4.98 Å². The van der Waals surface area contributed by atoms with Gasteiger partial charge >= 0.3 is 0 Å². The third-order valence-electron chi connectivity index (χ3n) is 2.50. The summed E-state index contributed by atoms with van der Waals surface area (Å²) >= 11 is 5.00. The molecule has 0 aliphatic rings. The summed E-state index contributed by atoms with van der Waals surface area (Å²) in [7, 11) is 0. The van der Waals surface area contributed by atoms with E-state index >= 15 is 0 Å². The van der Waals surface area contributed by atoms with Crippen LogP contribution in [-0.4, -0.2) is 10.1 Å². The lowest BCUT2D eigenvalue weighted by atomic mass is 10.0. The van der Waals surface area contributed by atoms with Crippen LogP contribution in [0.4, 0.5) is 0 Å². The zero-order chi connectivity index (χ0) is 11.7. The first kappa shape index (κ1) is 11.8. The van der Waals surface area contributed by atoms with E-state index in [1.165, 1.54) is 0 Å². The summed E-state index contributed by atoms with van der Waals surface area (Å²) in [5.41, 5.74) is 3.62. The molecule has 1 atom stereocenters. The van der Waals surface area contributed by atoms with Gasteiger partial charge in [0.25, 0.3) is 0 Å². The number of thiophene rings is 1. The van der Waals surface area contributed by atoms with E-state index < -0.39 is 6.10 Å². The number of pyridine rings is 1. The first-order valence-corrected chi connectivity index (χ1v) is 6.67. The molecule has 0 amide bonds. The number of aryl methyl sites for hydroxylation is 2. The van der Waals surface area contributed by atoms with Crippen LogP contribution in [0.25, 0.3) is 0 Å². The number of halogens is 1. The van der Waals surface area contributed by atoms with E-state index in [-0.39, 0.29) is 0 Å². The molecular formula is C12H12BrNOS. The zero-order valence-electron chi connectivity index (χ0n) is 9.07. The lowest BCUT2D eigenvalue weighted by molar-refractivity contribution is 0.218. The average Bonchev–Trinajstić information content (AvgIpc) is 2.63. The number of aromatic nitrogens is 1. The minimum atomic E-state index is -0.603. The van der Waals surface area contributed by atoms with Crippen molar-refractivity contribution in [3.8, 4) is 0 Å². The molecule has 0 aliphatic carbocycles. The molecule has 0 aromatic carbocycles. The first-order valence-electron chi connectivity index (χ1n) is 4.93. The largest absolute Gasteiger partial charge is 0.384 e. The van der Waals surface area contributed by atoms with Gasteiger partial charge in [-0.1, -0.05) is 6.07 Å². The van der Waals surface area contributed by atoms with Gasteiger partial charge in [0.15, 0.2) is 0 Å². The molecule has 0 saturated heterocycles. The van der Waals surface area contributed by atoms with Gasteiger partial charge in [0.1, 0.15) is 6.10 Å². The van der Waals surface area contributed by atoms with Crippen molar-refractivity contribution >= 4 is 27.3 Å². The molecule has 2 aromatic rings. The number of rotatable bonds is 2. The molecule has 0 fully saturated rings. The van der Waals surface area contributed by atoms with Crippen molar-refractivity contribution in [1.82, 2.24) is 4.98 Å². The van der Waals surface area contributed by atoms with Crippen LogP contribution in [0.5, 0.6) is 0 Å². The molecule has 0 aliphatic heterocycles. The van der Waals surface area contributed by atoms with E-state index in [4.69, 9.17) is 0 Å². The Kier molecular flexibility index (Phi) is 3.42. The van der Waals surface area contributed by atoms with Crippen molar-refractivity contribution in [2.75, 3.05) is 0 Å². The molecule has 0 spiro atoms. The predicted octanol–water partition coefficient (Wildman–Crippen LogP) is 3.60. The van der Waals surface area contributed by atoms with Gasteiger partial charge in [-0.15, -0.1) is 0 Å². The lowest BCUT2D eigenvalue weighted by Gasteiger charge is -2.13. The Morgan fingerprint density at radius 2 is 2.00 bits per heavy atom. The molecule has 1 N–H and O–H groups in total. The van der Waals surface area contributed by atoms with Crippen molar-refractivity contribution in [2.24, 2.45) is 0 Å². The highest BCUT2D eigenvalue weighted by atomic mass is 79.9. The highest BCUT2D eigenvalue weighted by Crippen LogP contribution is 2.32. The second-order valence-corrected chi connectivity index (χ2v) is 5.30. The molecule has 2 rings (SSSR count). The van der Waals surface area contributed by atoms with Crippen LogP contribution in [-0.2, 0) is 0 Å². The maximum Gasteiger partial charge on any atom is 0.108 e. The van der Waals surface area contributed by atoms with Crippen LogP contribution in [0, 0.1) is 13.8 Å². The second kappa shape index (κ2) is 4.65. The van der Waals surface area contributed by atoms with Gasteiger partial charge in [-0.05, 0) is 41.2 Å². The monoisotopic (exact) mass is 297 g/mol. The quantitative estimate of drug-likeness (QED) is 0.919. The Morgan fingerprint density at radius 1 is 1.25 bits per heavy atom. The van der Waals surface area contributed by atoms with Crippen molar-refractivity contribution in [3.05, 3.63) is 49.9 Å². The number of hydrogen-bond donors (Lipinski definition) is 1. The van der Waals surface area contributed by atoms with Crippen molar-refractivity contribution < 1.29 is 5.11 Å². The average molecular weight is 298 g/mol. The van der Waals surface area contributed by atoms with Gasteiger partial charge in [-0.2, -0.15) is 11.3 Å².